The van der Waals surface area contributed by atoms with Crippen molar-refractivity contribution in [1.29, 1.82) is 0 Å². The molecule has 0 amide bonds. The van der Waals surface area contributed by atoms with Crippen LogP contribution in [-0.2, 0) is 45.4 Å². The van der Waals surface area contributed by atoms with E-state index in [2.05, 4.69) is 0 Å². The Morgan fingerprint density at radius 1 is 0.500 bits per heavy atom. The minimum Gasteiger partial charge on any atom is -0.624 e. The predicted octanol–water partition coefficient (Wildman–Crippen LogP) is 5.92. The van der Waals surface area contributed by atoms with E-state index in [1.165, 1.54) is 0 Å². The van der Waals surface area contributed by atoms with Crippen LogP contribution in [0.4, 0.5) is 0 Å². The van der Waals surface area contributed by atoms with E-state index in [0.717, 1.165) is 27.0 Å². The quantitative estimate of drug-likeness (QED) is 0.166. The molecule has 0 saturated heterocycles. The summed E-state index contributed by atoms with van der Waals surface area (Å²) < 4.78 is 26.8. The first-order chi connectivity index (χ1) is 19.7. The monoisotopic (exact) mass is 537 g/mol. The SMILES string of the molecule is [O-][N+]1=C[C@@H](OCc2ccccc2)[C@H](OCc2ccccc2)[C@@H](OCc2ccccc2)[C@@H](OCc2ccccc2)C1. The molecule has 1 aliphatic heterocycles. The fraction of sp³-hybridized carbons (Fsp3) is 0.265. The van der Waals surface area contributed by atoms with Gasteiger partial charge in [-0.3, -0.25) is 0 Å². The molecule has 0 saturated carbocycles. The van der Waals surface area contributed by atoms with Crippen molar-refractivity contribution >= 4 is 6.21 Å². The van der Waals surface area contributed by atoms with Gasteiger partial charge in [-0.05, 0) is 22.3 Å². The number of hydroxylamine groups is 1. The van der Waals surface area contributed by atoms with Crippen LogP contribution in [0.1, 0.15) is 22.3 Å². The average molecular weight is 538 g/mol. The molecule has 4 atom stereocenters. The third-order valence-corrected chi connectivity index (χ3v) is 6.85. The molecule has 206 valence electrons. The van der Waals surface area contributed by atoms with E-state index in [1.807, 2.05) is 121 Å². The van der Waals surface area contributed by atoms with Crippen LogP contribution < -0.4 is 0 Å². The number of ether oxygens (including phenoxy) is 4. The lowest BCUT2D eigenvalue weighted by molar-refractivity contribution is -0.469. The van der Waals surface area contributed by atoms with Crippen molar-refractivity contribution in [2.75, 3.05) is 6.54 Å². The van der Waals surface area contributed by atoms with E-state index in [-0.39, 0.29) is 6.54 Å². The van der Waals surface area contributed by atoms with Crippen molar-refractivity contribution in [3.05, 3.63) is 149 Å². The van der Waals surface area contributed by atoms with Gasteiger partial charge >= 0.3 is 0 Å². The van der Waals surface area contributed by atoms with Crippen LogP contribution in [0.25, 0.3) is 0 Å². The molecule has 0 radical (unpaired) electrons. The zero-order valence-electron chi connectivity index (χ0n) is 22.5. The Morgan fingerprint density at radius 2 is 0.875 bits per heavy atom. The van der Waals surface area contributed by atoms with Crippen molar-refractivity contribution < 1.29 is 23.7 Å². The molecule has 1 heterocycles. The predicted molar refractivity (Wildman–Crippen MR) is 155 cm³/mol. The van der Waals surface area contributed by atoms with Gasteiger partial charge in [-0.1, -0.05) is 121 Å². The lowest BCUT2D eigenvalue weighted by atomic mass is 10.0. The molecule has 6 nitrogen and oxygen atoms in total. The third kappa shape index (κ3) is 8.10. The van der Waals surface area contributed by atoms with Gasteiger partial charge in [-0.25, -0.2) is 4.74 Å². The standard InChI is InChI=1S/C34H35NO5/c36-35-21-31(37-23-27-13-5-1-6-14-27)33(39-25-29-17-9-3-10-18-29)34(40-26-30-19-11-4-12-20-30)32(22-35)38-24-28-15-7-2-8-16-28/h1-21,31-34H,22-26H2/t31-,32+,33+,34+/m1/s1. The number of hydrogen-bond donors (Lipinski definition) is 0. The highest BCUT2D eigenvalue weighted by molar-refractivity contribution is 5.59. The van der Waals surface area contributed by atoms with Crippen LogP contribution in [0.5, 0.6) is 0 Å². The molecule has 0 aliphatic carbocycles. The van der Waals surface area contributed by atoms with Gasteiger partial charge in [0.2, 0.25) is 0 Å². The largest absolute Gasteiger partial charge is 0.624 e. The van der Waals surface area contributed by atoms with Crippen LogP contribution in [0.15, 0.2) is 121 Å². The molecule has 4 aromatic carbocycles. The Labute approximate surface area is 236 Å². The van der Waals surface area contributed by atoms with Crippen molar-refractivity contribution in [3.8, 4) is 0 Å². The Hall–Kier alpha value is -3.81. The van der Waals surface area contributed by atoms with Crippen LogP contribution in [-0.4, -0.2) is 41.9 Å². The molecule has 6 heteroatoms. The first kappa shape index (κ1) is 27.7. The molecule has 1 aliphatic rings. The zero-order chi connectivity index (χ0) is 27.4. The Bertz CT molecular complexity index is 1300. The summed E-state index contributed by atoms with van der Waals surface area (Å²) in [6, 6.07) is 39.8. The van der Waals surface area contributed by atoms with Crippen molar-refractivity contribution in [1.82, 2.24) is 0 Å². The molecule has 0 N–H and O–H groups in total. The van der Waals surface area contributed by atoms with Gasteiger partial charge in [-0.2, -0.15) is 0 Å². The zero-order valence-corrected chi connectivity index (χ0v) is 22.5. The molecule has 40 heavy (non-hydrogen) atoms. The molecule has 0 aromatic heterocycles. The van der Waals surface area contributed by atoms with Crippen molar-refractivity contribution in [3.63, 3.8) is 0 Å². The van der Waals surface area contributed by atoms with Gasteiger partial charge in [0.15, 0.2) is 18.9 Å². The van der Waals surface area contributed by atoms with Crippen LogP contribution in [0.3, 0.4) is 0 Å². The van der Waals surface area contributed by atoms with E-state index in [9.17, 15) is 5.21 Å². The van der Waals surface area contributed by atoms with Gasteiger partial charge in [0.25, 0.3) is 0 Å². The summed E-state index contributed by atoms with van der Waals surface area (Å²) in [7, 11) is 0. The van der Waals surface area contributed by atoms with Gasteiger partial charge < -0.3 is 24.2 Å². The first-order valence-electron chi connectivity index (χ1n) is 13.7. The van der Waals surface area contributed by atoms with E-state index < -0.39 is 24.4 Å². The lowest BCUT2D eigenvalue weighted by Crippen LogP contribution is -2.49. The van der Waals surface area contributed by atoms with E-state index in [1.54, 1.807) is 6.21 Å². The minimum atomic E-state index is -0.646. The molecule has 0 spiro atoms. The fourth-order valence-corrected chi connectivity index (χ4v) is 4.74. The summed E-state index contributed by atoms with van der Waals surface area (Å²) in [4.78, 5) is 0. The summed E-state index contributed by atoms with van der Waals surface area (Å²) in [5, 5.41) is 13.2. The van der Waals surface area contributed by atoms with Gasteiger partial charge in [-0.15, -0.1) is 0 Å². The number of benzene rings is 4. The molecule has 5 rings (SSSR count). The molecular weight excluding hydrogens is 502 g/mol. The second-order valence-corrected chi connectivity index (χ2v) is 9.87. The Morgan fingerprint density at radius 3 is 1.32 bits per heavy atom. The molecule has 0 bridgehead atoms. The smallest absolute Gasteiger partial charge is 0.182 e. The molecular formula is C34H35NO5. The first-order valence-corrected chi connectivity index (χ1v) is 13.7. The molecule has 0 unspecified atom stereocenters. The highest BCUT2D eigenvalue weighted by atomic mass is 16.6. The molecule has 4 aromatic rings. The summed E-state index contributed by atoms with van der Waals surface area (Å²) in [5.41, 5.74) is 4.09. The second kappa shape index (κ2) is 14.5. The summed E-state index contributed by atoms with van der Waals surface area (Å²) in [6.45, 7) is 1.49. The van der Waals surface area contributed by atoms with Crippen LogP contribution in [0.2, 0.25) is 0 Å². The average Bonchev–Trinajstić information content (AvgIpc) is 3.14. The van der Waals surface area contributed by atoms with E-state index in [4.69, 9.17) is 18.9 Å². The summed E-state index contributed by atoms with van der Waals surface area (Å²) in [5.74, 6) is 0. The van der Waals surface area contributed by atoms with E-state index in [0.29, 0.717) is 26.4 Å². The second-order valence-electron chi connectivity index (χ2n) is 9.87. The highest BCUT2D eigenvalue weighted by Crippen LogP contribution is 2.24. The number of hydrogen-bond acceptors (Lipinski definition) is 5. The fourth-order valence-electron chi connectivity index (χ4n) is 4.74. The van der Waals surface area contributed by atoms with Crippen LogP contribution in [0, 0.1) is 5.21 Å². The topological polar surface area (TPSA) is 63.0 Å². The minimum absolute atomic E-state index is 0.0999. The molecule has 0 fully saturated rings. The van der Waals surface area contributed by atoms with Gasteiger partial charge in [0.05, 0.1) is 26.4 Å². The van der Waals surface area contributed by atoms with E-state index >= 15 is 0 Å². The normalized spacial score (nSPS) is 20.9. The van der Waals surface area contributed by atoms with Gasteiger partial charge in [0.1, 0.15) is 18.3 Å². The van der Waals surface area contributed by atoms with Crippen LogP contribution >= 0.6 is 0 Å². The van der Waals surface area contributed by atoms with Crippen molar-refractivity contribution in [2.24, 2.45) is 0 Å². The number of nitrogens with zero attached hydrogens (tertiary/aromatic N) is 1. The maximum absolute atomic E-state index is 13.2. The maximum atomic E-state index is 13.2. The maximum Gasteiger partial charge on any atom is 0.182 e. The van der Waals surface area contributed by atoms with Crippen molar-refractivity contribution in [2.45, 2.75) is 50.8 Å². The summed E-state index contributed by atoms with van der Waals surface area (Å²) >= 11 is 0. The Kier molecular flexibility index (Phi) is 10.1. The third-order valence-electron chi connectivity index (χ3n) is 6.85. The number of rotatable bonds is 12. The summed E-state index contributed by atoms with van der Waals surface area (Å²) in [6.07, 6.45) is -0.796. The highest BCUT2D eigenvalue weighted by Gasteiger charge is 2.43. The van der Waals surface area contributed by atoms with Gasteiger partial charge in [0, 0.05) is 0 Å². The Balaban J connectivity index is 1.42. The lowest BCUT2D eigenvalue weighted by Gasteiger charge is -2.33.